The average molecular weight is 543 g/mol. The van der Waals surface area contributed by atoms with Gasteiger partial charge in [-0.15, -0.1) is 0 Å². The zero-order valence-electron chi connectivity index (χ0n) is 23.0. The third-order valence-corrected chi connectivity index (χ3v) is 7.61. The highest BCUT2D eigenvalue weighted by Gasteiger charge is 2.34. The number of aromatic nitrogens is 1. The molecule has 0 radical (unpaired) electrons. The Morgan fingerprint density at radius 2 is 1.54 bits per heavy atom. The number of rotatable bonds is 9. The van der Waals surface area contributed by atoms with Crippen LogP contribution in [0.5, 0.6) is 5.75 Å². The van der Waals surface area contributed by atoms with Crippen LogP contribution in [0.15, 0.2) is 89.7 Å². The van der Waals surface area contributed by atoms with Crippen molar-refractivity contribution in [2.24, 2.45) is 0 Å². The van der Waals surface area contributed by atoms with Gasteiger partial charge in [0.2, 0.25) is 0 Å². The van der Waals surface area contributed by atoms with E-state index in [1.54, 1.807) is 48.5 Å². The third-order valence-electron chi connectivity index (χ3n) is 7.61. The van der Waals surface area contributed by atoms with Gasteiger partial charge < -0.3 is 15.0 Å². The zero-order chi connectivity index (χ0) is 28.5. The Hall–Kier alpha value is -4.97. The lowest BCUT2D eigenvalue weighted by Gasteiger charge is -2.26. The molecule has 1 aliphatic carbocycles. The van der Waals surface area contributed by atoms with Crippen LogP contribution in [0.2, 0.25) is 0 Å². The first kappa shape index (κ1) is 26.3. The van der Waals surface area contributed by atoms with E-state index in [1.165, 1.54) is 0 Å². The molecule has 204 valence electrons. The van der Waals surface area contributed by atoms with Crippen LogP contribution in [0.25, 0.3) is 22.0 Å². The zero-order valence-corrected chi connectivity index (χ0v) is 23.0. The maximum atomic E-state index is 14.2. The quantitative estimate of drug-likeness (QED) is 0.145. The molecule has 0 amide bonds. The summed E-state index contributed by atoms with van der Waals surface area (Å²) in [6.45, 7) is 4.57. The summed E-state index contributed by atoms with van der Waals surface area (Å²) in [7, 11) is 0. The number of aromatic amines is 1. The number of aryl methyl sites for hydroxylation is 1. The third kappa shape index (κ3) is 4.61. The summed E-state index contributed by atoms with van der Waals surface area (Å²) in [6.07, 6.45) is 2.90. The molecule has 2 N–H and O–H groups in total. The van der Waals surface area contributed by atoms with Crippen molar-refractivity contribution >= 4 is 33.8 Å². The fourth-order valence-corrected chi connectivity index (χ4v) is 5.54. The minimum Gasteiger partial charge on any atom is -0.491 e. The number of benzene rings is 4. The Bertz CT molecular complexity index is 1870. The Morgan fingerprint density at radius 1 is 0.829 bits per heavy atom. The summed E-state index contributed by atoms with van der Waals surface area (Å²) in [6, 6.07) is 25.5. The van der Waals surface area contributed by atoms with Crippen LogP contribution in [-0.2, 0) is 0 Å². The van der Waals surface area contributed by atoms with E-state index in [0.717, 1.165) is 30.5 Å². The van der Waals surface area contributed by atoms with Gasteiger partial charge in [-0.25, -0.2) is 0 Å². The van der Waals surface area contributed by atoms with Crippen molar-refractivity contribution in [3.8, 4) is 16.9 Å². The van der Waals surface area contributed by atoms with Crippen molar-refractivity contribution in [1.82, 2.24) is 4.98 Å². The Kier molecular flexibility index (Phi) is 6.98. The largest absolute Gasteiger partial charge is 0.491 e. The van der Waals surface area contributed by atoms with Gasteiger partial charge in [-0.05, 0) is 30.5 Å². The monoisotopic (exact) mass is 542 g/mol. The number of para-hydroxylation sites is 1. The van der Waals surface area contributed by atoms with Gasteiger partial charge >= 0.3 is 0 Å². The van der Waals surface area contributed by atoms with Crippen LogP contribution < -0.4 is 15.6 Å². The van der Waals surface area contributed by atoms with Gasteiger partial charge in [0.25, 0.3) is 5.56 Å². The summed E-state index contributed by atoms with van der Waals surface area (Å²) in [4.78, 5) is 44.8. The molecule has 1 aliphatic rings. The lowest BCUT2D eigenvalue weighted by Crippen LogP contribution is -2.24. The highest BCUT2D eigenvalue weighted by Crippen LogP contribution is 2.46. The number of carbonyl (C=O) groups excluding carboxylic acids is 2. The number of carbonyl (C=O) groups is 2. The summed E-state index contributed by atoms with van der Waals surface area (Å²) in [5, 5.41) is 3.98. The van der Waals surface area contributed by atoms with E-state index < -0.39 is 11.3 Å². The fraction of sp³-hybridized carbons (Fsp3) is 0.171. The molecular formula is C35H30N2O4. The number of anilines is 2. The molecule has 6 rings (SSSR count). The number of unbranched alkanes of at least 4 members (excludes halogenated alkanes) is 2. The average Bonchev–Trinajstić information content (AvgIpc) is 2.99. The Morgan fingerprint density at radius 3 is 2.29 bits per heavy atom. The Labute approximate surface area is 238 Å². The first-order chi connectivity index (χ1) is 20.0. The molecule has 0 saturated heterocycles. The van der Waals surface area contributed by atoms with E-state index in [9.17, 15) is 14.4 Å². The second kappa shape index (κ2) is 10.9. The summed E-state index contributed by atoms with van der Waals surface area (Å²) in [5.74, 6) is -0.126. The predicted molar refractivity (Wildman–Crippen MR) is 163 cm³/mol. The van der Waals surface area contributed by atoms with Crippen LogP contribution in [0.4, 0.5) is 11.4 Å². The van der Waals surface area contributed by atoms with E-state index >= 15 is 0 Å². The van der Waals surface area contributed by atoms with Gasteiger partial charge in [0.1, 0.15) is 5.75 Å². The molecule has 1 aromatic heterocycles. The molecule has 6 nitrogen and oxygen atoms in total. The molecule has 0 atom stereocenters. The van der Waals surface area contributed by atoms with Gasteiger partial charge in [0.15, 0.2) is 11.6 Å². The minimum atomic E-state index is -0.519. The van der Waals surface area contributed by atoms with Crippen LogP contribution in [0, 0.1) is 6.92 Å². The molecule has 4 aromatic carbocycles. The van der Waals surface area contributed by atoms with Crippen LogP contribution >= 0.6 is 0 Å². The summed E-state index contributed by atoms with van der Waals surface area (Å²) in [5.41, 5.74) is 4.57. The standard InChI is InChI=1S/C35H30N2O4/c1-3-4-12-19-41-27-20-26(36-25-18-11-8-13-21(25)2)29-30-28(23-16-9-10-17-24(23)34(29)39)31(35(40)37-32(27)30)33(38)22-14-6-5-7-15-22/h5-11,13-18,20,36H,3-4,12,19H2,1-2H3,(H,37,40). The molecule has 1 heterocycles. The van der Waals surface area contributed by atoms with Crippen molar-refractivity contribution in [1.29, 1.82) is 0 Å². The van der Waals surface area contributed by atoms with Crippen molar-refractivity contribution in [2.75, 3.05) is 11.9 Å². The Balaban J connectivity index is 1.69. The number of H-pyrrole nitrogens is 1. The second-order valence-electron chi connectivity index (χ2n) is 10.3. The number of ketones is 2. The van der Waals surface area contributed by atoms with Crippen LogP contribution in [0.1, 0.15) is 63.6 Å². The molecule has 6 heteroatoms. The normalized spacial score (nSPS) is 11.8. The first-order valence-corrected chi connectivity index (χ1v) is 14.0. The van der Waals surface area contributed by atoms with Gasteiger partial charge in [0.05, 0.1) is 28.9 Å². The number of hydrogen-bond donors (Lipinski definition) is 2. The maximum Gasteiger partial charge on any atom is 0.260 e. The fourth-order valence-electron chi connectivity index (χ4n) is 5.54. The highest BCUT2D eigenvalue weighted by atomic mass is 16.5. The molecule has 5 aromatic rings. The van der Waals surface area contributed by atoms with E-state index in [0.29, 0.717) is 56.8 Å². The molecule has 0 aliphatic heterocycles. The van der Waals surface area contributed by atoms with E-state index in [-0.39, 0.29) is 11.3 Å². The number of hydrogen-bond acceptors (Lipinski definition) is 5. The molecule has 41 heavy (non-hydrogen) atoms. The van der Waals surface area contributed by atoms with Gasteiger partial charge in [0, 0.05) is 33.8 Å². The molecule has 0 unspecified atom stereocenters. The SMILES string of the molecule is CCCCCOc1cc(Nc2ccccc2C)c2c3c(c(C(=O)c4ccccc4)c(=O)[nH]c13)-c1ccccc1C2=O. The summed E-state index contributed by atoms with van der Waals surface area (Å²) < 4.78 is 6.27. The van der Waals surface area contributed by atoms with Gasteiger partial charge in [-0.1, -0.05) is 92.6 Å². The maximum absolute atomic E-state index is 14.2. The number of fused-ring (bicyclic) bond motifs is 2. The number of pyridine rings is 1. The molecular weight excluding hydrogens is 512 g/mol. The predicted octanol–water partition coefficient (Wildman–Crippen LogP) is 7.59. The van der Waals surface area contributed by atoms with Gasteiger partial charge in [-0.2, -0.15) is 0 Å². The minimum absolute atomic E-state index is 0.00914. The lowest BCUT2D eigenvalue weighted by molar-refractivity contribution is 0.102. The summed E-state index contributed by atoms with van der Waals surface area (Å²) >= 11 is 0. The molecule has 0 fully saturated rings. The van der Waals surface area contributed by atoms with E-state index in [4.69, 9.17) is 4.74 Å². The van der Waals surface area contributed by atoms with Crippen molar-refractivity contribution < 1.29 is 14.3 Å². The van der Waals surface area contributed by atoms with E-state index in [1.807, 2.05) is 43.3 Å². The number of nitrogens with one attached hydrogen (secondary N) is 2. The lowest BCUT2D eigenvalue weighted by atomic mass is 9.80. The van der Waals surface area contributed by atoms with Crippen LogP contribution in [-0.4, -0.2) is 23.2 Å². The van der Waals surface area contributed by atoms with E-state index in [2.05, 4.69) is 17.2 Å². The first-order valence-electron chi connectivity index (χ1n) is 14.0. The molecule has 0 bridgehead atoms. The topological polar surface area (TPSA) is 88.3 Å². The molecule has 0 spiro atoms. The van der Waals surface area contributed by atoms with Crippen molar-refractivity contribution in [2.45, 2.75) is 33.1 Å². The van der Waals surface area contributed by atoms with Crippen molar-refractivity contribution in [3.05, 3.63) is 123 Å². The van der Waals surface area contributed by atoms with Gasteiger partial charge in [-0.3, -0.25) is 14.4 Å². The smallest absolute Gasteiger partial charge is 0.260 e. The molecule has 0 saturated carbocycles. The number of ether oxygens (including phenoxy) is 1. The second-order valence-corrected chi connectivity index (χ2v) is 10.3. The van der Waals surface area contributed by atoms with Crippen LogP contribution in [0.3, 0.4) is 0 Å². The van der Waals surface area contributed by atoms with Crippen molar-refractivity contribution in [3.63, 3.8) is 0 Å². The highest BCUT2D eigenvalue weighted by molar-refractivity contribution is 6.31.